The molecule has 0 aromatic rings. The number of nitrogens with one attached hydrogen (secondary N) is 3. The highest BCUT2D eigenvalue weighted by molar-refractivity contribution is 7.98. The van der Waals surface area contributed by atoms with Crippen molar-refractivity contribution in [1.82, 2.24) is 16.0 Å². The van der Waals surface area contributed by atoms with Gasteiger partial charge in [0.05, 0.1) is 6.04 Å². The van der Waals surface area contributed by atoms with Crippen LogP contribution in [0.5, 0.6) is 0 Å². The summed E-state index contributed by atoms with van der Waals surface area (Å²) in [6.45, 7) is 4.27. The number of carbonyl (C=O) groups is 4. The van der Waals surface area contributed by atoms with E-state index in [-0.39, 0.29) is 43.6 Å². The Bertz CT molecular complexity index is 847. The third-order valence-electron chi connectivity index (χ3n) is 5.45. The van der Waals surface area contributed by atoms with Crippen molar-refractivity contribution in [3.63, 3.8) is 0 Å². The van der Waals surface area contributed by atoms with Gasteiger partial charge in [-0.05, 0) is 56.5 Å². The van der Waals surface area contributed by atoms with E-state index in [1.165, 1.54) is 11.8 Å². The van der Waals surface area contributed by atoms with Crippen molar-refractivity contribution >= 4 is 47.4 Å². The summed E-state index contributed by atoms with van der Waals surface area (Å²) in [5.74, 6) is -2.59. The molecule has 3 amide bonds. The first-order valence-corrected chi connectivity index (χ1v) is 14.2. The molecule has 4 atom stereocenters. The number of aliphatic imine (C=N–C) groups is 2. The van der Waals surface area contributed by atoms with Gasteiger partial charge >= 0.3 is 5.97 Å². The summed E-state index contributed by atoms with van der Waals surface area (Å²) in [6.07, 6.45) is 3.55. The third-order valence-corrected chi connectivity index (χ3v) is 6.09. The van der Waals surface area contributed by atoms with E-state index in [2.05, 4.69) is 25.9 Å². The Balaban J connectivity index is 5.54. The molecule has 0 heterocycles. The molecule has 0 aliphatic carbocycles. The standard InChI is InChI=1S/C23H46N10O5S/c1-13(2)12-17(33-18(34)14(24)6-4-9-29-22(25)26)20(36)31-15(7-5-10-30-23(27)28)19(35)32-16(21(37)38)8-11-39-3/h13-17H,4-12,24H2,1-3H3,(H,31,36)(H,32,35)(H,33,34)(H,37,38)(H4,25,26,29)(H4,27,28,30). The molecule has 224 valence electrons. The topological polar surface area (TPSA) is 279 Å². The number of guanidine groups is 2. The molecule has 39 heavy (non-hydrogen) atoms. The molecule has 0 radical (unpaired) electrons. The summed E-state index contributed by atoms with van der Waals surface area (Å²) in [5.41, 5.74) is 27.3. The number of nitrogens with two attached hydrogens (primary N) is 5. The fourth-order valence-electron chi connectivity index (χ4n) is 3.44. The van der Waals surface area contributed by atoms with Gasteiger partial charge in [-0.1, -0.05) is 13.8 Å². The SMILES string of the molecule is CSCCC(NC(=O)C(CCCN=C(N)N)NC(=O)C(CC(C)C)NC(=O)C(N)CCCN=C(N)N)C(=O)O. The minimum atomic E-state index is -1.18. The summed E-state index contributed by atoms with van der Waals surface area (Å²) in [4.78, 5) is 58.3. The van der Waals surface area contributed by atoms with Crippen LogP contribution in [-0.2, 0) is 19.2 Å². The maximum absolute atomic E-state index is 13.2. The Kier molecular flexibility index (Phi) is 18.1. The molecular weight excluding hydrogens is 528 g/mol. The largest absolute Gasteiger partial charge is 0.480 e. The van der Waals surface area contributed by atoms with Gasteiger partial charge in [0.25, 0.3) is 0 Å². The second-order valence-electron chi connectivity index (χ2n) is 9.44. The average molecular weight is 575 g/mol. The Morgan fingerprint density at radius 2 is 1.26 bits per heavy atom. The van der Waals surface area contributed by atoms with Crippen LogP contribution in [0.15, 0.2) is 9.98 Å². The molecule has 0 aliphatic rings. The predicted molar refractivity (Wildman–Crippen MR) is 154 cm³/mol. The van der Waals surface area contributed by atoms with E-state index < -0.39 is 47.9 Å². The highest BCUT2D eigenvalue weighted by Gasteiger charge is 2.30. The number of hydrogen-bond acceptors (Lipinski definition) is 8. The van der Waals surface area contributed by atoms with E-state index in [0.717, 1.165) is 0 Å². The molecule has 15 nitrogen and oxygen atoms in total. The highest BCUT2D eigenvalue weighted by atomic mass is 32.2. The third kappa shape index (κ3) is 17.0. The second-order valence-corrected chi connectivity index (χ2v) is 10.4. The molecule has 4 unspecified atom stereocenters. The van der Waals surface area contributed by atoms with Crippen molar-refractivity contribution in [3.8, 4) is 0 Å². The molecular formula is C23H46N10O5S. The lowest BCUT2D eigenvalue weighted by molar-refractivity contribution is -0.142. The van der Waals surface area contributed by atoms with Crippen LogP contribution >= 0.6 is 11.8 Å². The molecule has 0 aliphatic heterocycles. The van der Waals surface area contributed by atoms with Crippen LogP contribution in [0.4, 0.5) is 0 Å². The molecule has 0 fully saturated rings. The summed E-state index contributed by atoms with van der Waals surface area (Å²) < 4.78 is 0. The van der Waals surface area contributed by atoms with Gasteiger partial charge in [-0.15, -0.1) is 0 Å². The quantitative estimate of drug-likeness (QED) is 0.0425. The summed E-state index contributed by atoms with van der Waals surface area (Å²) in [6, 6.07) is -4.07. The van der Waals surface area contributed by atoms with Crippen LogP contribution in [0, 0.1) is 5.92 Å². The number of carboxylic acids is 1. The molecule has 0 spiro atoms. The fourth-order valence-corrected chi connectivity index (χ4v) is 3.91. The van der Waals surface area contributed by atoms with E-state index in [9.17, 15) is 24.3 Å². The lowest BCUT2D eigenvalue weighted by Crippen LogP contribution is -2.57. The Morgan fingerprint density at radius 1 is 0.769 bits per heavy atom. The molecule has 0 aromatic heterocycles. The first-order chi connectivity index (χ1) is 18.3. The molecule has 16 heteroatoms. The van der Waals surface area contributed by atoms with Crippen molar-refractivity contribution < 1.29 is 24.3 Å². The van der Waals surface area contributed by atoms with E-state index in [1.54, 1.807) is 0 Å². The number of aliphatic carboxylic acids is 1. The Hall–Kier alpha value is -3.27. The summed E-state index contributed by atoms with van der Waals surface area (Å²) >= 11 is 1.45. The number of nitrogens with zero attached hydrogens (tertiary/aromatic N) is 2. The number of carboxylic acid groups (broad SMARTS) is 1. The van der Waals surface area contributed by atoms with Crippen LogP contribution < -0.4 is 44.6 Å². The average Bonchev–Trinajstić information content (AvgIpc) is 2.84. The van der Waals surface area contributed by atoms with E-state index in [4.69, 9.17) is 28.7 Å². The van der Waals surface area contributed by atoms with Crippen molar-refractivity contribution in [2.24, 2.45) is 44.6 Å². The second kappa shape index (κ2) is 19.7. The lowest BCUT2D eigenvalue weighted by atomic mass is 10.0. The van der Waals surface area contributed by atoms with Crippen LogP contribution in [0.25, 0.3) is 0 Å². The highest BCUT2D eigenvalue weighted by Crippen LogP contribution is 2.09. The van der Waals surface area contributed by atoms with E-state index in [1.807, 2.05) is 20.1 Å². The number of amides is 3. The smallest absolute Gasteiger partial charge is 0.326 e. The van der Waals surface area contributed by atoms with Crippen LogP contribution in [0.3, 0.4) is 0 Å². The number of hydrogen-bond donors (Lipinski definition) is 9. The van der Waals surface area contributed by atoms with Crippen molar-refractivity contribution in [1.29, 1.82) is 0 Å². The van der Waals surface area contributed by atoms with Gasteiger partial charge in [0.15, 0.2) is 11.9 Å². The maximum atomic E-state index is 13.2. The van der Waals surface area contributed by atoms with E-state index in [0.29, 0.717) is 31.6 Å². The first kappa shape index (κ1) is 35.7. The van der Waals surface area contributed by atoms with Gasteiger partial charge in [-0.25, -0.2) is 4.79 Å². The minimum Gasteiger partial charge on any atom is -0.480 e. The van der Waals surface area contributed by atoms with Crippen molar-refractivity contribution in [3.05, 3.63) is 0 Å². The lowest BCUT2D eigenvalue weighted by Gasteiger charge is -2.26. The fraction of sp³-hybridized carbons (Fsp3) is 0.739. The van der Waals surface area contributed by atoms with Gasteiger partial charge in [0, 0.05) is 13.1 Å². The molecule has 0 saturated heterocycles. The first-order valence-electron chi connectivity index (χ1n) is 12.8. The Labute approximate surface area is 233 Å². The zero-order chi connectivity index (χ0) is 30.0. The van der Waals surface area contributed by atoms with Gasteiger partial charge < -0.3 is 49.7 Å². The molecule has 0 aromatic carbocycles. The van der Waals surface area contributed by atoms with Crippen LogP contribution in [0.1, 0.15) is 52.4 Å². The summed E-state index contributed by atoms with van der Waals surface area (Å²) in [7, 11) is 0. The number of rotatable bonds is 20. The van der Waals surface area contributed by atoms with Crippen molar-refractivity contribution in [2.75, 3.05) is 25.1 Å². The maximum Gasteiger partial charge on any atom is 0.326 e. The van der Waals surface area contributed by atoms with Gasteiger partial charge in [0.1, 0.15) is 18.1 Å². The monoisotopic (exact) mass is 574 g/mol. The van der Waals surface area contributed by atoms with Gasteiger partial charge in [0.2, 0.25) is 17.7 Å². The molecule has 0 bridgehead atoms. The van der Waals surface area contributed by atoms with E-state index >= 15 is 0 Å². The van der Waals surface area contributed by atoms with Crippen LogP contribution in [-0.4, -0.2) is 90.0 Å². The Morgan fingerprint density at radius 3 is 1.74 bits per heavy atom. The number of thioether (sulfide) groups is 1. The molecule has 0 rings (SSSR count). The van der Waals surface area contributed by atoms with Crippen LogP contribution in [0.2, 0.25) is 0 Å². The zero-order valence-electron chi connectivity index (χ0n) is 23.0. The summed E-state index contributed by atoms with van der Waals surface area (Å²) in [5, 5.41) is 17.3. The molecule has 0 saturated carbocycles. The number of carbonyl (C=O) groups excluding carboxylic acids is 3. The minimum absolute atomic E-state index is 0.0243. The zero-order valence-corrected chi connectivity index (χ0v) is 23.8. The van der Waals surface area contributed by atoms with Gasteiger partial charge in [-0.3, -0.25) is 24.4 Å². The van der Waals surface area contributed by atoms with Crippen molar-refractivity contribution in [2.45, 2.75) is 76.5 Å². The predicted octanol–water partition coefficient (Wildman–Crippen LogP) is -2.24. The molecule has 14 N–H and O–H groups in total. The van der Waals surface area contributed by atoms with Gasteiger partial charge in [-0.2, -0.15) is 11.8 Å². The normalized spacial score (nSPS) is 13.9.